The van der Waals surface area contributed by atoms with Crippen LogP contribution in [0.15, 0.2) is 53.7 Å². The number of esters is 1. The number of imidazole rings is 1. The van der Waals surface area contributed by atoms with Crippen molar-refractivity contribution in [3.8, 4) is 11.8 Å². The van der Waals surface area contributed by atoms with Crippen LogP contribution < -0.4 is 0 Å². The quantitative estimate of drug-likeness (QED) is 0.642. The second-order valence-electron chi connectivity index (χ2n) is 6.36. The van der Waals surface area contributed by atoms with Gasteiger partial charge in [0.1, 0.15) is 5.82 Å². The van der Waals surface area contributed by atoms with Crippen LogP contribution in [-0.2, 0) is 9.53 Å². The van der Waals surface area contributed by atoms with Crippen LogP contribution >= 0.6 is 0 Å². The maximum Gasteiger partial charge on any atom is 0.304 e. The fraction of sp³-hybridized carbons (Fsp3) is 0.143. The molecule has 4 rings (SSSR count). The third-order valence-corrected chi connectivity index (χ3v) is 4.46. The van der Waals surface area contributed by atoms with E-state index in [9.17, 15) is 14.4 Å². The molecule has 138 valence electrons. The van der Waals surface area contributed by atoms with E-state index in [-0.39, 0.29) is 5.56 Å². The molecular formula is C21H15FN4O2. The number of hydrogen-bond donors (Lipinski definition) is 0. The predicted molar refractivity (Wildman–Crippen MR) is 99.6 cm³/mol. The molecule has 1 atom stereocenters. The third-order valence-electron chi connectivity index (χ3n) is 4.46. The number of fused-ring (bicyclic) bond motifs is 3. The summed E-state index contributed by atoms with van der Waals surface area (Å²) in [6, 6.07) is 13.4. The number of hydrogen-bond acceptors (Lipinski definition) is 5. The van der Waals surface area contributed by atoms with Gasteiger partial charge in [-0.3, -0.25) is 9.36 Å². The number of nitriles is 1. The Morgan fingerprint density at radius 2 is 2.04 bits per heavy atom. The molecule has 28 heavy (non-hydrogen) atoms. The fourth-order valence-corrected chi connectivity index (χ4v) is 3.28. The van der Waals surface area contributed by atoms with E-state index in [1.807, 2.05) is 6.92 Å². The van der Waals surface area contributed by atoms with Crippen molar-refractivity contribution in [1.29, 1.82) is 5.26 Å². The average molecular weight is 374 g/mol. The molecule has 0 aliphatic carbocycles. The molecule has 2 heterocycles. The summed E-state index contributed by atoms with van der Waals surface area (Å²) in [4.78, 5) is 20.6. The maximum atomic E-state index is 14.6. The number of carbonyl (C=O) groups excluding carboxylic acids is 1. The fourth-order valence-electron chi connectivity index (χ4n) is 3.28. The largest absolute Gasteiger partial charge is 0.432 e. The Hall–Kier alpha value is -3.79. The summed E-state index contributed by atoms with van der Waals surface area (Å²) in [6.07, 6.45) is 0.607. The van der Waals surface area contributed by atoms with Gasteiger partial charge >= 0.3 is 5.97 Å². The van der Waals surface area contributed by atoms with Gasteiger partial charge in [-0.2, -0.15) is 5.26 Å². The zero-order valence-electron chi connectivity index (χ0n) is 15.2. The van der Waals surface area contributed by atoms with Crippen molar-refractivity contribution >= 4 is 11.7 Å². The van der Waals surface area contributed by atoms with E-state index in [0.29, 0.717) is 28.4 Å². The highest BCUT2D eigenvalue weighted by Gasteiger charge is 2.30. The summed E-state index contributed by atoms with van der Waals surface area (Å²) in [6.45, 7) is 3.14. The number of rotatable bonds is 2. The molecule has 6 nitrogen and oxygen atoms in total. The van der Waals surface area contributed by atoms with Gasteiger partial charge in [0.15, 0.2) is 5.82 Å². The van der Waals surface area contributed by atoms with Gasteiger partial charge in [0.25, 0.3) is 6.23 Å². The summed E-state index contributed by atoms with van der Waals surface area (Å²) in [5.74, 6) is -0.588. The maximum absolute atomic E-state index is 14.6. The minimum absolute atomic E-state index is 0.249. The molecule has 0 bridgehead atoms. The van der Waals surface area contributed by atoms with Crippen molar-refractivity contribution in [2.24, 2.45) is 4.99 Å². The highest BCUT2D eigenvalue weighted by atomic mass is 19.1. The summed E-state index contributed by atoms with van der Waals surface area (Å²) < 4.78 is 21.8. The molecule has 7 heteroatoms. The normalized spacial score (nSPS) is 14.9. The highest BCUT2D eigenvalue weighted by molar-refractivity contribution is 6.15. The molecule has 0 saturated heterocycles. The Morgan fingerprint density at radius 1 is 1.25 bits per heavy atom. The van der Waals surface area contributed by atoms with Crippen molar-refractivity contribution in [3.63, 3.8) is 0 Å². The minimum atomic E-state index is -1.04. The molecule has 0 fully saturated rings. The highest BCUT2D eigenvalue weighted by Crippen LogP contribution is 2.33. The van der Waals surface area contributed by atoms with E-state index >= 15 is 0 Å². The van der Waals surface area contributed by atoms with Crippen LogP contribution in [0.2, 0.25) is 0 Å². The number of ether oxygens (including phenoxy) is 1. The third kappa shape index (κ3) is 2.85. The van der Waals surface area contributed by atoms with Crippen molar-refractivity contribution in [2.45, 2.75) is 20.1 Å². The lowest BCUT2D eigenvalue weighted by Gasteiger charge is -2.14. The molecule has 1 aromatic heterocycles. The standard InChI is InChI=1S/C21H15FN4O2/c1-12-11-24-20-21(28-13(2)27)25-19(15-5-3-4-6-17(15)22)16-9-14(10-23)7-8-18(16)26(12)20/h3-9,11,21H,1-2H3. The Labute approximate surface area is 160 Å². The number of aromatic nitrogens is 2. The number of carbonyl (C=O) groups is 1. The molecule has 3 aromatic rings. The van der Waals surface area contributed by atoms with E-state index in [4.69, 9.17) is 4.74 Å². The van der Waals surface area contributed by atoms with Crippen molar-refractivity contribution in [1.82, 2.24) is 9.55 Å². The summed E-state index contributed by atoms with van der Waals surface area (Å²) in [5.41, 5.74) is 2.98. The van der Waals surface area contributed by atoms with E-state index in [1.54, 1.807) is 47.2 Å². The first kappa shape index (κ1) is 17.6. The number of nitrogens with zero attached hydrogens (tertiary/aromatic N) is 4. The summed E-state index contributed by atoms with van der Waals surface area (Å²) in [7, 11) is 0. The topological polar surface area (TPSA) is 80.3 Å². The van der Waals surface area contributed by atoms with E-state index < -0.39 is 18.0 Å². The van der Waals surface area contributed by atoms with Crippen molar-refractivity contribution in [3.05, 3.63) is 82.7 Å². The van der Waals surface area contributed by atoms with E-state index in [0.717, 1.165) is 5.69 Å². The Morgan fingerprint density at radius 3 is 2.75 bits per heavy atom. The molecule has 1 unspecified atom stereocenters. The van der Waals surface area contributed by atoms with Crippen LogP contribution in [-0.4, -0.2) is 21.2 Å². The lowest BCUT2D eigenvalue weighted by Crippen LogP contribution is -2.12. The second kappa shape index (κ2) is 6.74. The molecule has 0 amide bonds. The van der Waals surface area contributed by atoms with Crippen LogP contribution in [0.25, 0.3) is 5.69 Å². The van der Waals surface area contributed by atoms with Gasteiger partial charge in [0.05, 0.1) is 23.0 Å². The van der Waals surface area contributed by atoms with Crippen molar-refractivity contribution in [2.75, 3.05) is 0 Å². The molecule has 0 spiro atoms. The Balaban J connectivity index is 2.07. The van der Waals surface area contributed by atoms with Crippen LogP contribution in [0.4, 0.5) is 4.39 Å². The minimum Gasteiger partial charge on any atom is -0.432 e. The van der Waals surface area contributed by atoms with Crippen LogP contribution in [0.1, 0.15) is 41.4 Å². The number of aliphatic imine (C=N–C) groups is 1. The van der Waals surface area contributed by atoms with Gasteiger partial charge in [-0.1, -0.05) is 12.1 Å². The van der Waals surface area contributed by atoms with E-state index in [1.165, 1.54) is 13.0 Å². The zero-order chi connectivity index (χ0) is 19.8. The Kier molecular flexibility index (Phi) is 4.24. The Bertz CT molecular complexity index is 1170. The number of aryl methyl sites for hydroxylation is 1. The van der Waals surface area contributed by atoms with E-state index in [2.05, 4.69) is 16.0 Å². The molecule has 0 radical (unpaired) electrons. The van der Waals surface area contributed by atoms with Gasteiger partial charge in [0, 0.05) is 29.9 Å². The first-order valence-electron chi connectivity index (χ1n) is 8.58. The zero-order valence-corrected chi connectivity index (χ0v) is 15.2. The molecule has 0 saturated carbocycles. The first-order chi connectivity index (χ1) is 13.5. The van der Waals surface area contributed by atoms with Gasteiger partial charge in [-0.15, -0.1) is 0 Å². The molecule has 1 aliphatic rings. The van der Waals surface area contributed by atoms with Gasteiger partial charge in [-0.05, 0) is 37.3 Å². The number of benzene rings is 2. The van der Waals surface area contributed by atoms with Crippen LogP contribution in [0, 0.1) is 24.1 Å². The predicted octanol–water partition coefficient (Wildman–Crippen LogP) is 3.60. The molecule has 1 aliphatic heterocycles. The van der Waals surface area contributed by atoms with Crippen LogP contribution in [0.3, 0.4) is 0 Å². The van der Waals surface area contributed by atoms with Crippen LogP contribution in [0.5, 0.6) is 0 Å². The van der Waals surface area contributed by atoms with Gasteiger partial charge in [0.2, 0.25) is 0 Å². The second-order valence-corrected chi connectivity index (χ2v) is 6.36. The number of halogens is 1. The molecule has 2 aromatic carbocycles. The summed E-state index contributed by atoms with van der Waals surface area (Å²) in [5, 5.41) is 9.35. The smallest absolute Gasteiger partial charge is 0.304 e. The SMILES string of the molecule is CC(=O)OC1N=C(c2ccccc2F)c2cc(C#N)ccc2-n2c(C)cnc21. The average Bonchev–Trinajstić information content (AvgIpc) is 3.00. The first-order valence-corrected chi connectivity index (χ1v) is 8.58. The van der Waals surface area contributed by atoms with Crippen molar-refractivity contribution < 1.29 is 13.9 Å². The monoisotopic (exact) mass is 374 g/mol. The van der Waals surface area contributed by atoms with Gasteiger partial charge < -0.3 is 4.74 Å². The molecule has 0 N–H and O–H groups in total. The summed E-state index contributed by atoms with van der Waals surface area (Å²) >= 11 is 0. The lowest BCUT2D eigenvalue weighted by atomic mass is 9.98. The van der Waals surface area contributed by atoms with Gasteiger partial charge in [-0.25, -0.2) is 14.4 Å². The molecular weight excluding hydrogens is 359 g/mol. The lowest BCUT2D eigenvalue weighted by molar-refractivity contribution is -0.146.